The van der Waals surface area contributed by atoms with Crippen molar-refractivity contribution in [3.05, 3.63) is 51.3 Å². The van der Waals surface area contributed by atoms with Gasteiger partial charge in [-0.2, -0.15) is 0 Å². The Labute approximate surface area is 134 Å². The van der Waals surface area contributed by atoms with E-state index >= 15 is 0 Å². The van der Waals surface area contributed by atoms with Gasteiger partial charge in [0.2, 0.25) is 0 Å². The van der Waals surface area contributed by atoms with Crippen molar-refractivity contribution in [2.75, 3.05) is 5.32 Å². The van der Waals surface area contributed by atoms with Crippen LogP contribution in [0.5, 0.6) is 0 Å². The molecule has 21 heavy (non-hydrogen) atoms. The number of pyridine rings is 1. The van der Waals surface area contributed by atoms with E-state index in [-0.39, 0.29) is 15.1 Å². The summed E-state index contributed by atoms with van der Waals surface area (Å²) >= 11 is 7.93. The van der Waals surface area contributed by atoms with E-state index in [4.69, 9.17) is 18.0 Å². The Morgan fingerprint density at radius 1 is 1.19 bits per heavy atom. The molecular formula is C14H12BrF2N3S. The van der Waals surface area contributed by atoms with Crippen molar-refractivity contribution in [1.29, 1.82) is 0 Å². The Kier molecular flexibility index (Phi) is 4.53. The number of anilines is 2. The first kappa shape index (κ1) is 15.8. The Balaban J connectivity index is 2.54. The lowest BCUT2D eigenvalue weighted by atomic mass is 10.1. The number of nitrogens with two attached hydrogens (primary N) is 1. The van der Waals surface area contributed by atoms with Gasteiger partial charge >= 0.3 is 0 Å². The molecule has 0 aliphatic heterocycles. The molecule has 0 spiro atoms. The highest BCUT2D eigenvalue weighted by molar-refractivity contribution is 9.10. The van der Waals surface area contributed by atoms with Crippen molar-refractivity contribution in [2.45, 2.75) is 13.8 Å². The van der Waals surface area contributed by atoms with Crippen molar-refractivity contribution in [3.8, 4) is 0 Å². The molecule has 0 bridgehead atoms. The van der Waals surface area contributed by atoms with Crippen molar-refractivity contribution >= 4 is 44.5 Å². The zero-order valence-electron chi connectivity index (χ0n) is 11.3. The van der Waals surface area contributed by atoms with Gasteiger partial charge in [0.1, 0.15) is 16.6 Å². The molecule has 0 unspecified atom stereocenters. The largest absolute Gasteiger partial charge is 0.389 e. The van der Waals surface area contributed by atoms with Crippen LogP contribution < -0.4 is 11.1 Å². The second-order valence-electron chi connectivity index (χ2n) is 4.51. The summed E-state index contributed by atoms with van der Waals surface area (Å²) in [5, 5.41) is 2.83. The maximum absolute atomic E-state index is 13.9. The minimum Gasteiger partial charge on any atom is -0.389 e. The van der Waals surface area contributed by atoms with E-state index in [1.807, 2.05) is 0 Å². The molecule has 1 heterocycles. The van der Waals surface area contributed by atoms with Crippen LogP contribution in [-0.4, -0.2) is 9.97 Å². The van der Waals surface area contributed by atoms with E-state index in [1.165, 1.54) is 0 Å². The van der Waals surface area contributed by atoms with E-state index in [0.717, 1.165) is 12.1 Å². The first-order chi connectivity index (χ1) is 9.79. The van der Waals surface area contributed by atoms with Crippen molar-refractivity contribution in [1.82, 2.24) is 4.98 Å². The van der Waals surface area contributed by atoms with Crippen LogP contribution in [0.25, 0.3) is 0 Å². The third-order valence-corrected chi connectivity index (χ3v) is 3.67. The molecule has 7 heteroatoms. The second kappa shape index (κ2) is 6.03. The lowest BCUT2D eigenvalue weighted by Crippen LogP contribution is -2.15. The van der Waals surface area contributed by atoms with E-state index in [0.29, 0.717) is 22.6 Å². The third-order valence-electron chi connectivity index (χ3n) is 2.85. The van der Waals surface area contributed by atoms with Crippen LogP contribution in [-0.2, 0) is 0 Å². The molecule has 2 aromatic rings. The number of hydrogen-bond donors (Lipinski definition) is 2. The molecule has 3 N–H and O–H groups in total. The summed E-state index contributed by atoms with van der Waals surface area (Å²) in [5.41, 5.74) is 8.04. The van der Waals surface area contributed by atoms with E-state index in [1.54, 1.807) is 19.9 Å². The zero-order valence-corrected chi connectivity index (χ0v) is 13.7. The van der Waals surface area contributed by atoms with Gasteiger partial charge in [-0.05, 0) is 41.9 Å². The van der Waals surface area contributed by atoms with Gasteiger partial charge in [-0.1, -0.05) is 12.2 Å². The Hall–Kier alpha value is -1.60. The molecule has 0 saturated carbocycles. The highest BCUT2D eigenvalue weighted by Gasteiger charge is 2.14. The summed E-state index contributed by atoms with van der Waals surface area (Å²) in [6.07, 6.45) is 0. The van der Waals surface area contributed by atoms with Crippen LogP contribution in [0.3, 0.4) is 0 Å². The van der Waals surface area contributed by atoms with Crippen LogP contribution in [0.15, 0.2) is 22.7 Å². The summed E-state index contributed by atoms with van der Waals surface area (Å²) in [6, 6.07) is 3.80. The molecule has 2 rings (SSSR count). The molecule has 0 aliphatic rings. The van der Waals surface area contributed by atoms with Gasteiger partial charge in [0.05, 0.1) is 21.4 Å². The van der Waals surface area contributed by atoms with Crippen molar-refractivity contribution in [3.63, 3.8) is 0 Å². The molecule has 3 nitrogen and oxygen atoms in total. The number of aromatic nitrogens is 1. The quantitative estimate of drug-likeness (QED) is 0.629. The summed E-state index contributed by atoms with van der Waals surface area (Å²) < 4.78 is 27.5. The molecule has 0 amide bonds. The predicted molar refractivity (Wildman–Crippen MR) is 86.9 cm³/mol. The van der Waals surface area contributed by atoms with Crippen LogP contribution in [0.2, 0.25) is 0 Å². The number of aryl methyl sites for hydroxylation is 2. The minimum atomic E-state index is -0.593. The SMILES string of the molecule is Cc1cc(Nc2cc(F)c(Br)cc2F)c(C(N)=S)c(C)n1. The number of benzene rings is 1. The van der Waals surface area contributed by atoms with Gasteiger partial charge in [-0.25, -0.2) is 8.78 Å². The Bertz CT molecular complexity index is 735. The standard InChI is InChI=1S/C14H12BrF2N3S/c1-6-3-12(13(14(18)21)7(2)19-6)20-11-5-9(16)8(15)4-10(11)17/h3-5H,1-2H3,(H2,18,21)(H,19,20). The van der Waals surface area contributed by atoms with Gasteiger partial charge in [0.15, 0.2) is 0 Å². The molecular weight excluding hydrogens is 360 g/mol. The fourth-order valence-corrected chi connectivity index (χ4v) is 2.57. The normalized spacial score (nSPS) is 10.5. The predicted octanol–water partition coefficient (Wildman–Crippen LogP) is 4.12. The average Bonchev–Trinajstić information content (AvgIpc) is 2.34. The number of rotatable bonds is 3. The number of nitrogens with one attached hydrogen (secondary N) is 1. The smallest absolute Gasteiger partial charge is 0.147 e. The van der Waals surface area contributed by atoms with Crippen molar-refractivity contribution in [2.24, 2.45) is 5.73 Å². The third kappa shape index (κ3) is 3.36. The monoisotopic (exact) mass is 371 g/mol. The Morgan fingerprint density at radius 3 is 2.48 bits per heavy atom. The van der Waals surface area contributed by atoms with Gasteiger partial charge in [0, 0.05) is 17.5 Å². The molecule has 0 atom stereocenters. The van der Waals surface area contributed by atoms with Gasteiger partial charge in [0.25, 0.3) is 0 Å². The van der Waals surface area contributed by atoms with Crippen LogP contribution in [0, 0.1) is 25.5 Å². The fourth-order valence-electron chi connectivity index (χ4n) is 2.00. The maximum atomic E-state index is 13.9. The molecule has 110 valence electrons. The Morgan fingerprint density at radius 2 is 1.86 bits per heavy atom. The average molecular weight is 372 g/mol. The van der Waals surface area contributed by atoms with Crippen LogP contribution >= 0.6 is 28.1 Å². The maximum Gasteiger partial charge on any atom is 0.147 e. The first-order valence-corrected chi connectivity index (χ1v) is 7.19. The lowest BCUT2D eigenvalue weighted by molar-refractivity contribution is 0.598. The zero-order chi connectivity index (χ0) is 15.7. The highest BCUT2D eigenvalue weighted by Crippen LogP contribution is 2.28. The summed E-state index contributed by atoms with van der Waals surface area (Å²) in [4.78, 5) is 4.41. The van der Waals surface area contributed by atoms with Gasteiger partial charge in [-0.15, -0.1) is 0 Å². The minimum absolute atomic E-state index is 0.00167. The molecule has 0 aliphatic carbocycles. The van der Waals surface area contributed by atoms with Crippen molar-refractivity contribution < 1.29 is 8.78 Å². The van der Waals surface area contributed by atoms with Gasteiger partial charge in [-0.3, -0.25) is 4.98 Å². The number of hydrogen-bond acceptors (Lipinski definition) is 3. The fraction of sp³-hybridized carbons (Fsp3) is 0.143. The topological polar surface area (TPSA) is 50.9 Å². The molecule has 0 radical (unpaired) electrons. The lowest BCUT2D eigenvalue weighted by Gasteiger charge is -2.15. The van der Waals surface area contributed by atoms with E-state index in [9.17, 15) is 8.78 Å². The van der Waals surface area contributed by atoms with Crippen LogP contribution in [0.4, 0.5) is 20.2 Å². The molecule has 1 aromatic heterocycles. The second-order valence-corrected chi connectivity index (χ2v) is 5.80. The van der Waals surface area contributed by atoms with E-state index < -0.39 is 11.6 Å². The summed E-state index contributed by atoms with van der Waals surface area (Å²) in [6.45, 7) is 3.55. The van der Waals surface area contributed by atoms with Crippen LogP contribution in [0.1, 0.15) is 17.0 Å². The summed E-state index contributed by atoms with van der Waals surface area (Å²) in [5.74, 6) is -1.16. The first-order valence-electron chi connectivity index (χ1n) is 5.99. The number of nitrogens with zero attached hydrogens (tertiary/aromatic N) is 1. The molecule has 1 aromatic carbocycles. The van der Waals surface area contributed by atoms with Gasteiger partial charge < -0.3 is 11.1 Å². The highest BCUT2D eigenvalue weighted by atomic mass is 79.9. The summed E-state index contributed by atoms with van der Waals surface area (Å²) in [7, 11) is 0. The number of halogens is 3. The van der Waals surface area contributed by atoms with E-state index in [2.05, 4.69) is 26.2 Å². The molecule has 0 fully saturated rings. The number of thiocarbonyl (C=S) groups is 1. The molecule has 0 saturated heterocycles.